The van der Waals surface area contributed by atoms with E-state index in [1.165, 1.54) is 18.3 Å². The number of alkyl halides is 3. The average molecular weight is 363 g/mol. The molecule has 1 aromatic heterocycles. The van der Waals surface area contributed by atoms with Gasteiger partial charge in [0.2, 0.25) is 0 Å². The molecule has 3 N–H and O–H groups in total. The molecule has 0 saturated carbocycles. The number of benzene rings is 1. The molecule has 0 aliphatic carbocycles. The van der Waals surface area contributed by atoms with Gasteiger partial charge in [0, 0.05) is 6.20 Å². The average Bonchev–Trinajstić information content (AvgIpc) is 2.45. The third-order valence-corrected chi connectivity index (χ3v) is 3.58. The fraction of sp³-hybridized carbons (Fsp3) is 0.200. The third kappa shape index (κ3) is 3.82. The first kappa shape index (κ1) is 18.2. The first-order chi connectivity index (χ1) is 11.0. The van der Waals surface area contributed by atoms with E-state index in [1.807, 2.05) is 0 Å². The Morgan fingerprint density at radius 2 is 1.83 bits per heavy atom. The van der Waals surface area contributed by atoms with Crippen molar-refractivity contribution in [2.75, 3.05) is 0 Å². The lowest BCUT2D eigenvalue weighted by molar-refractivity contribution is -0.138. The molecular formula is C15H11ClF4N2O2. The minimum absolute atomic E-state index is 0.0481. The molecule has 0 aliphatic rings. The summed E-state index contributed by atoms with van der Waals surface area (Å²) in [6.45, 7) is 0. The maximum atomic E-state index is 13.7. The number of hydrogen-bond donors (Lipinski definition) is 2. The number of carboxylic acids is 1. The zero-order valence-corrected chi connectivity index (χ0v) is 12.7. The highest BCUT2D eigenvalue weighted by molar-refractivity contribution is 6.30. The van der Waals surface area contributed by atoms with E-state index in [2.05, 4.69) is 4.98 Å². The van der Waals surface area contributed by atoms with Gasteiger partial charge in [-0.05, 0) is 35.9 Å². The van der Waals surface area contributed by atoms with Crippen LogP contribution in [0.1, 0.15) is 23.2 Å². The maximum Gasteiger partial charge on any atom is 0.416 e. The van der Waals surface area contributed by atoms with Gasteiger partial charge in [-0.1, -0.05) is 11.6 Å². The van der Waals surface area contributed by atoms with E-state index in [0.29, 0.717) is 12.1 Å². The van der Waals surface area contributed by atoms with E-state index in [9.17, 15) is 22.4 Å². The van der Waals surface area contributed by atoms with Crippen LogP contribution in [0.15, 0.2) is 36.5 Å². The molecule has 1 heterocycles. The number of halogens is 5. The first-order valence-electron chi connectivity index (χ1n) is 6.53. The highest BCUT2D eigenvalue weighted by Gasteiger charge is 2.38. The SMILES string of the molecule is NC(CC(=O)O)(c1cc(F)cc(C(F)(F)F)c1)c1ccc(Cl)cn1. The van der Waals surface area contributed by atoms with Gasteiger partial charge in [0.15, 0.2) is 0 Å². The minimum atomic E-state index is -4.81. The predicted octanol–water partition coefficient (Wildman–Crippen LogP) is 3.57. The van der Waals surface area contributed by atoms with Gasteiger partial charge in [-0.2, -0.15) is 13.2 Å². The summed E-state index contributed by atoms with van der Waals surface area (Å²) in [5.74, 6) is -2.57. The van der Waals surface area contributed by atoms with Gasteiger partial charge in [0.1, 0.15) is 5.82 Å². The number of carbonyl (C=O) groups is 1. The van der Waals surface area contributed by atoms with Gasteiger partial charge in [0.25, 0.3) is 0 Å². The molecule has 0 saturated heterocycles. The largest absolute Gasteiger partial charge is 0.481 e. The van der Waals surface area contributed by atoms with Crippen molar-refractivity contribution >= 4 is 17.6 Å². The summed E-state index contributed by atoms with van der Waals surface area (Å²) in [6.07, 6.45) is -4.43. The molecule has 0 fully saturated rings. The predicted molar refractivity (Wildman–Crippen MR) is 77.9 cm³/mol. The van der Waals surface area contributed by atoms with E-state index < -0.39 is 35.5 Å². The highest BCUT2D eigenvalue weighted by atomic mass is 35.5. The number of aliphatic carboxylic acids is 1. The zero-order chi connectivity index (χ0) is 18.1. The fourth-order valence-corrected chi connectivity index (χ4v) is 2.34. The summed E-state index contributed by atoms with van der Waals surface area (Å²) in [5.41, 5.74) is 2.42. The van der Waals surface area contributed by atoms with E-state index in [0.717, 1.165) is 6.07 Å². The highest BCUT2D eigenvalue weighted by Crippen LogP contribution is 2.36. The lowest BCUT2D eigenvalue weighted by Gasteiger charge is -2.28. The summed E-state index contributed by atoms with van der Waals surface area (Å²) in [6, 6.07) is 4.32. The second-order valence-electron chi connectivity index (χ2n) is 5.13. The fourth-order valence-electron chi connectivity index (χ4n) is 2.23. The first-order valence-corrected chi connectivity index (χ1v) is 6.91. The number of nitrogens with two attached hydrogens (primary N) is 1. The quantitative estimate of drug-likeness (QED) is 0.815. The molecule has 24 heavy (non-hydrogen) atoms. The second-order valence-corrected chi connectivity index (χ2v) is 5.57. The molecule has 9 heteroatoms. The Morgan fingerprint density at radius 1 is 1.21 bits per heavy atom. The summed E-state index contributed by atoms with van der Waals surface area (Å²) in [4.78, 5) is 15.0. The van der Waals surface area contributed by atoms with Crippen LogP contribution in [0.3, 0.4) is 0 Å². The molecule has 1 aromatic carbocycles. The number of hydrogen-bond acceptors (Lipinski definition) is 3. The zero-order valence-electron chi connectivity index (χ0n) is 11.9. The molecule has 2 rings (SSSR count). The smallest absolute Gasteiger partial charge is 0.416 e. The van der Waals surface area contributed by atoms with Crippen molar-refractivity contribution in [3.63, 3.8) is 0 Å². The van der Waals surface area contributed by atoms with Crippen LogP contribution in [0, 0.1) is 5.82 Å². The van der Waals surface area contributed by atoms with Gasteiger partial charge in [0.05, 0.1) is 28.2 Å². The van der Waals surface area contributed by atoms with Crippen molar-refractivity contribution in [2.24, 2.45) is 5.73 Å². The molecule has 0 aliphatic heterocycles. The van der Waals surface area contributed by atoms with Crippen molar-refractivity contribution in [3.05, 3.63) is 64.2 Å². The molecule has 0 radical (unpaired) electrons. The molecule has 0 spiro atoms. The summed E-state index contributed by atoms with van der Waals surface area (Å²) in [5, 5.41) is 9.30. The molecule has 128 valence electrons. The van der Waals surface area contributed by atoms with Crippen LogP contribution in [0.25, 0.3) is 0 Å². The Hall–Kier alpha value is -2.19. The number of carboxylic acid groups (broad SMARTS) is 1. The Kier molecular flexibility index (Phi) is 4.82. The standard InChI is InChI=1S/C15H11ClF4N2O2/c16-10-1-2-12(22-7-10)14(21,6-13(23)24)8-3-9(15(18,19)20)5-11(17)4-8/h1-5,7H,6,21H2,(H,23,24). The summed E-state index contributed by atoms with van der Waals surface area (Å²) >= 11 is 5.70. The van der Waals surface area contributed by atoms with Crippen LogP contribution in [0.2, 0.25) is 5.02 Å². The molecule has 2 aromatic rings. The van der Waals surface area contributed by atoms with Crippen molar-refractivity contribution in [1.29, 1.82) is 0 Å². The van der Waals surface area contributed by atoms with Crippen LogP contribution < -0.4 is 5.73 Å². The summed E-state index contributed by atoms with van der Waals surface area (Å²) < 4.78 is 52.4. The van der Waals surface area contributed by atoms with Crippen LogP contribution in [0.4, 0.5) is 17.6 Å². The van der Waals surface area contributed by atoms with Crippen molar-refractivity contribution in [3.8, 4) is 0 Å². The van der Waals surface area contributed by atoms with Gasteiger partial charge >= 0.3 is 12.1 Å². The van der Waals surface area contributed by atoms with Crippen molar-refractivity contribution in [2.45, 2.75) is 18.1 Å². The topological polar surface area (TPSA) is 76.2 Å². The normalized spacial score (nSPS) is 14.2. The molecule has 4 nitrogen and oxygen atoms in total. The van der Waals surface area contributed by atoms with E-state index in [1.54, 1.807) is 0 Å². The lowest BCUT2D eigenvalue weighted by atomic mass is 9.83. The van der Waals surface area contributed by atoms with Gasteiger partial charge in [-0.15, -0.1) is 0 Å². The molecule has 1 unspecified atom stereocenters. The van der Waals surface area contributed by atoms with E-state index >= 15 is 0 Å². The van der Waals surface area contributed by atoms with Gasteiger partial charge in [-0.3, -0.25) is 9.78 Å². The molecule has 0 bridgehead atoms. The number of rotatable bonds is 4. The van der Waals surface area contributed by atoms with Gasteiger partial charge < -0.3 is 10.8 Å². The molecule has 0 amide bonds. The second kappa shape index (κ2) is 6.37. The van der Waals surface area contributed by atoms with E-state index in [-0.39, 0.29) is 16.3 Å². The summed E-state index contributed by atoms with van der Waals surface area (Å²) in [7, 11) is 0. The Labute approximate surface area is 138 Å². The minimum Gasteiger partial charge on any atom is -0.481 e. The third-order valence-electron chi connectivity index (χ3n) is 3.35. The Balaban J connectivity index is 2.66. The Morgan fingerprint density at radius 3 is 2.33 bits per heavy atom. The van der Waals surface area contributed by atoms with Crippen molar-refractivity contribution < 1.29 is 27.5 Å². The number of nitrogens with zero attached hydrogens (tertiary/aromatic N) is 1. The van der Waals surface area contributed by atoms with Crippen LogP contribution in [0.5, 0.6) is 0 Å². The number of aromatic nitrogens is 1. The van der Waals surface area contributed by atoms with Crippen LogP contribution in [-0.4, -0.2) is 16.1 Å². The number of pyridine rings is 1. The monoisotopic (exact) mass is 362 g/mol. The van der Waals surface area contributed by atoms with Gasteiger partial charge in [-0.25, -0.2) is 4.39 Å². The van der Waals surface area contributed by atoms with E-state index in [4.69, 9.17) is 22.4 Å². The molecular weight excluding hydrogens is 352 g/mol. The maximum absolute atomic E-state index is 13.7. The van der Waals surface area contributed by atoms with Crippen LogP contribution >= 0.6 is 11.6 Å². The van der Waals surface area contributed by atoms with Crippen LogP contribution in [-0.2, 0) is 16.5 Å². The molecule has 1 atom stereocenters. The Bertz CT molecular complexity index is 765. The van der Waals surface area contributed by atoms with Crippen molar-refractivity contribution in [1.82, 2.24) is 4.98 Å². The lowest BCUT2D eigenvalue weighted by Crippen LogP contribution is -2.41.